The maximum Gasteiger partial charge on any atom is 0.262 e. The second-order valence-electron chi connectivity index (χ2n) is 6.24. The largest absolute Gasteiger partial charge is 0.506 e. The summed E-state index contributed by atoms with van der Waals surface area (Å²) in [4.78, 5) is 12.0. The molecule has 0 saturated heterocycles. The number of nitrogens with one attached hydrogen (secondary N) is 2. The van der Waals surface area contributed by atoms with Crippen LogP contribution in [0.25, 0.3) is 0 Å². The first-order chi connectivity index (χ1) is 12.7. The Morgan fingerprint density at radius 3 is 2.44 bits per heavy atom. The lowest BCUT2D eigenvalue weighted by Crippen LogP contribution is -2.39. The summed E-state index contributed by atoms with van der Waals surface area (Å²) in [5.74, 6) is -0.550. The molecule has 2 rings (SSSR count). The number of ether oxygens (including phenoxy) is 1. The van der Waals surface area contributed by atoms with E-state index in [0.29, 0.717) is 5.75 Å². The minimum atomic E-state index is -3.98. The van der Waals surface area contributed by atoms with E-state index in [1.54, 1.807) is 38.1 Å². The van der Waals surface area contributed by atoms with Gasteiger partial charge in [0.2, 0.25) is 5.91 Å². The number of aromatic hydroxyl groups is 1. The van der Waals surface area contributed by atoms with E-state index in [4.69, 9.17) is 10.5 Å². The molecule has 0 bridgehead atoms. The van der Waals surface area contributed by atoms with Crippen LogP contribution in [0.3, 0.4) is 0 Å². The molecule has 8 nitrogen and oxygen atoms in total. The average Bonchev–Trinajstić information content (AvgIpc) is 2.62. The third kappa shape index (κ3) is 4.89. The lowest BCUT2D eigenvalue weighted by atomic mass is 10.0. The van der Waals surface area contributed by atoms with Gasteiger partial charge in [0.15, 0.2) is 0 Å². The van der Waals surface area contributed by atoms with E-state index in [2.05, 4.69) is 10.0 Å². The molecule has 0 aliphatic carbocycles. The lowest BCUT2D eigenvalue weighted by molar-refractivity contribution is -0.118. The normalized spacial score (nSPS) is 12.5. The van der Waals surface area contributed by atoms with Crippen LogP contribution in [-0.4, -0.2) is 32.6 Å². The molecule has 146 valence electrons. The van der Waals surface area contributed by atoms with Gasteiger partial charge in [0.1, 0.15) is 11.5 Å². The lowest BCUT2D eigenvalue weighted by Gasteiger charge is -2.17. The minimum Gasteiger partial charge on any atom is -0.506 e. The Hall–Kier alpha value is -2.78. The fourth-order valence-corrected chi connectivity index (χ4v) is 3.33. The highest BCUT2D eigenvalue weighted by atomic mass is 32.2. The fourth-order valence-electron chi connectivity index (χ4n) is 2.23. The van der Waals surface area contributed by atoms with E-state index in [9.17, 15) is 18.3 Å². The molecule has 0 aliphatic heterocycles. The number of methoxy groups -OCH3 is 1. The van der Waals surface area contributed by atoms with Crippen molar-refractivity contribution in [2.45, 2.75) is 24.8 Å². The number of rotatable bonds is 7. The number of benzene rings is 2. The van der Waals surface area contributed by atoms with Crippen LogP contribution in [0.5, 0.6) is 11.5 Å². The Morgan fingerprint density at radius 1 is 1.15 bits per heavy atom. The maximum absolute atomic E-state index is 12.7. The molecule has 0 fully saturated rings. The van der Waals surface area contributed by atoms with Gasteiger partial charge in [-0.05, 0) is 36.2 Å². The summed E-state index contributed by atoms with van der Waals surface area (Å²) in [6.07, 6.45) is 0. The number of hydrogen-bond acceptors (Lipinski definition) is 6. The van der Waals surface area contributed by atoms with Crippen molar-refractivity contribution in [3.05, 3.63) is 42.5 Å². The number of nitrogens with two attached hydrogens (primary N) is 1. The molecular formula is C18H23N3O5S. The van der Waals surface area contributed by atoms with Gasteiger partial charge in [0.25, 0.3) is 10.0 Å². The molecule has 0 spiro atoms. The second kappa shape index (κ2) is 8.28. The van der Waals surface area contributed by atoms with Crippen LogP contribution in [0.15, 0.2) is 47.4 Å². The van der Waals surface area contributed by atoms with Crippen molar-refractivity contribution < 1.29 is 23.1 Å². The van der Waals surface area contributed by atoms with E-state index in [-0.39, 0.29) is 27.9 Å². The average molecular weight is 393 g/mol. The topological polar surface area (TPSA) is 131 Å². The van der Waals surface area contributed by atoms with Gasteiger partial charge in [-0.1, -0.05) is 26.0 Å². The summed E-state index contributed by atoms with van der Waals surface area (Å²) in [6.45, 7) is 3.56. The van der Waals surface area contributed by atoms with Crippen LogP contribution in [0.2, 0.25) is 0 Å². The van der Waals surface area contributed by atoms with E-state index in [0.717, 1.165) is 6.07 Å². The summed E-state index contributed by atoms with van der Waals surface area (Å²) >= 11 is 0. The molecule has 1 amide bonds. The van der Waals surface area contributed by atoms with E-state index >= 15 is 0 Å². The zero-order valence-electron chi connectivity index (χ0n) is 15.3. The number of phenols is 1. The summed E-state index contributed by atoms with van der Waals surface area (Å²) in [5.41, 5.74) is 6.00. The Bertz CT molecular complexity index is 928. The van der Waals surface area contributed by atoms with Gasteiger partial charge in [0, 0.05) is 0 Å². The molecule has 2 aromatic rings. The van der Waals surface area contributed by atoms with Crippen molar-refractivity contribution >= 4 is 27.3 Å². The first kappa shape index (κ1) is 20.5. The van der Waals surface area contributed by atoms with Crippen LogP contribution in [0, 0.1) is 5.92 Å². The molecule has 1 atom stereocenters. The van der Waals surface area contributed by atoms with Gasteiger partial charge in [0.05, 0.1) is 29.4 Å². The van der Waals surface area contributed by atoms with Crippen molar-refractivity contribution in [2.75, 3.05) is 17.1 Å². The SMILES string of the molecule is COc1ccccc1NS(=O)(=O)c1ccc(O)c(NC(=O)[C@@H](N)C(C)C)c1. The summed E-state index contributed by atoms with van der Waals surface area (Å²) in [7, 11) is -2.55. The second-order valence-corrected chi connectivity index (χ2v) is 7.93. The zero-order valence-corrected chi connectivity index (χ0v) is 16.1. The first-order valence-electron chi connectivity index (χ1n) is 8.21. The summed E-state index contributed by atoms with van der Waals surface area (Å²) in [5, 5.41) is 12.4. The van der Waals surface area contributed by atoms with Gasteiger partial charge in [-0.3, -0.25) is 9.52 Å². The number of anilines is 2. The standard InChI is InChI=1S/C18H23N3O5S/c1-11(2)17(19)18(23)20-14-10-12(8-9-15(14)22)27(24,25)21-13-6-4-5-7-16(13)26-3/h4-11,17,21-22H,19H2,1-3H3,(H,20,23)/t17-/m0/s1. The highest BCUT2D eigenvalue weighted by molar-refractivity contribution is 7.92. The number of sulfonamides is 1. The van der Waals surface area contributed by atoms with Gasteiger partial charge in [-0.2, -0.15) is 0 Å². The molecule has 5 N–H and O–H groups in total. The fraction of sp³-hybridized carbons (Fsp3) is 0.278. The van der Waals surface area contributed by atoms with Crippen molar-refractivity contribution in [1.29, 1.82) is 0 Å². The monoisotopic (exact) mass is 393 g/mol. The molecule has 0 aromatic heterocycles. The van der Waals surface area contributed by atoms with Gasteiger partial charge < -0.3 is 20.9 Å². The number of carbonyl (C=O) groups is 1. The quantitative estimate of drug-likeness (QED) is 0.533. The van der Waals surface area contributed by atoms with E-state index in [1.807, 2.05) is 0 Å². The smallest absolute Gasteiger partial charge is 0.262 e. The summed E-state index contributed by atoms with van der Waals surface area (Å²) < 4.78 is 32.9. The van der Waals surface area contributed by atoms with Crippen LogP contribution < -0.4 is 20.5 Å². The van der Waals surface area contributed by atoms with Crippen molar-refractivity contribution in [2.24, 2.45) is 11.7 Å². The highest BCUT2D eigenvalue weighted by Crippen LogP contribution is 2.30. The molecule has 0 radical (unpaired) electrons. The molecule has 0 unspecified atom stereocenters. The van der Waals surface area contributed by atoms with Crippen molar-refractivity contribution in [3.8, 4) is 11.5 Å². The molecule has 0 saturated carbocycles. The Kier molecular flexibility index (Phi) is 6.29. The molecule has 2 aromatic carbocycles. The number of carbonyl (C=O) groups excluding carboxylic acids is 1. The van der Waals surface area contributed by atoms with Gasteiger partial charge in [-0.25, -0.2) is 8.42 Å². The van der Waals surface area contributed by atoms with E-state index in [1.165, 1.54) is 19.2 Å². The molecular weight excluding hydrogens is 370 g/mol. The Morgan fingerprint density at radius 2 is 1.81 bits per heavy atom. The predicted octanol–water partition coefficient (Wildman–Crippen LogP) is 2.12. The maximum atomic E-state index is 12.7. The van der Waals surface area contributed by atoms with E-state index < -0.39 is 22.0 Å². The number of para-hydroxylation sites is 2. The highest BCUT2D eigenvalue weighted by Gasteiger charge is 2.21. The predicted molar refractivity (Wildman–Crippen MR) is 103 cm³/mol. The number of phenolic OH excluding ortho intramolecular Hbond substituents is 1. The third-order valence-corrected chi connectivity index (χ3v) is 5.27. The van der Waals surface area contributed by atoms with Crippen molar-refractivity contribution in [1.82, 2.24) is 0 Å². The molecule has 27 heavy (non-hydrogen) atoms. The Balaban J connectivity index is 2.31. The zero-order chi connectivity index (χ0) is 20.2. The number of amides is 1. The number of hydrogen-bond donors (Lipinski definition) is 4. The molecule has 0 aliphatic rings. The van der Waals surface area contributed by atoms with Crippen LogP contribution in [0.4, 0.5) is 11.4 Å². The van der Waals surface area contributed by atoms with Crippen molar-refractivity contribution in [3.63, 3.8) is 0 Å². The van der Waals surface area contributed by atoms with Crippen LogP contribution >= 0.6 is 0 Å². The van der Waals surface area contributed by atoms with Crippen LogP contribution in [-0.2, 0) is 14.8 Å². The first-order valence-corrected chi connectivity index (χ1v) is 9.69. The minimum absolute atomic E-state index is 0.0426. The van der Waals surface area contributed by atoms with Crippen LogP contribution in [0.1, 0.15) is 13.8 Å². The van der Waals surface area contributed by atoms with Gasteiger partial charge in [-0.15, -0.1) is 0 Å². The molecule has 0 heterocycles. The Labute approximate surface area is 158 Å². The molecule has 9 heteroatoms. The third-order valence-electron chi connectivity index (χ3n) is 3.91. The van der Waals surface area contributed by atoms with Gasteiger partial charge >= 0.3 is 0 Å². The summed E-state index contributed by atoms with van der Waals surface area (Å²) in [6, 6.07) is 9.33.